The fourth-order valence-electron chi connectivity index (χ4n) is 10.5. The highest BCUT2D eigenvalue weighted by atomic mass is 16.8. The van der Waals surface area contributed by atoms with E-state index in [4.69, 9.17) is 28.4 Å². The van der Waals surface area contributed by atoms with Gasteiger partial charge in [-0.3, -0.25) is 4.79 Å². The number of carbonyl (C=O) groups excluding carboxylic acids is 1. The molecule has 1 amide bonds. The van der Waals surface area contributed by atoms with Crippen molar-refractivity contribution in [2.45, 2.75) is 317 Å². The summed E-state index contributed by atoms with van der Waals surface area (Å²) in [4.78, 5) is 13.3. The van der Waals surface area contributed by atoms with E-state index in [1.165, 1.54) is 135 Å². The highest BCUT2D eigenvalue weighted by Crippen LogP contribution is 2.33. The lowest BCUT2D eigenvalue weighted by molar-refractivity contribution is -0.379. The van der Waals surface area contributed by atoms with Crippen LogP contribution >= 0.6 is 0 Å². The number of hydrogen-bond donors (Lipinski definition) is 12. The van der Waals surface area contributed by atoms with Gasteiger partial charge in [0, 0.05) is 6.42 Å². The summed E-state index contributed by atoms with van der Waals surface area (Å²) in [5.41, 5.74) is 0. The van der Waals surface area contributed by atoms with Crippen molar-refractivity contribution in [2.75, 3.05) is 26.4 Å². The van der Waals surface area contributed by atoms with Gasteiger partial charge in [0.2, 0.25) is 5.91 Å². The van der Waals surface area contributed by atoms with Crippen LogP contribution in [0.5, 0.6) is 0 Å². The molecule has 19 nitrogen and oxygen atoms in total. The Morgan fingerprint density at radius 3 is 1.25 bits per heavy atom. The lowest BCUT2D eigenvalue weighted by Gasteiger charge is -2.48. The van der Waals surface area contributed by atoms with Crippen LogP contribution in [0.2, 0.25) is 0 Å². The van der Waals surface area contributed by atoms with Crippen LogP contribution in [0.25, 0.3) is 0 Å². The summed E-state index contributed by atoms with van der Waals surface area (Å²) in [6.07, 6.45) is 21.3. The van der Waals surface area contributed by atoms with Crippen LogP contribution in [0.15, 0.2) is 36.5 Å². The molecule has 0 aromatic carbocycles. The van der Waals surface area contributed by atoms with Gasteiger partial charge in [-0.2, -0.15) is 0 Å². The second-order valence-electron chi connectivity index (χ2n) is 22.5. The number of nitrogens with one attached hydrogen (secondary N) is 1. The Morgan fingerprint density at radius 2 is 0.800 bits per heavy atom. The molecule has 3 rings (SSSR count). The van der Waals surface area contributed by atoms with Crippen molar-refractivity contribution in [3.63, 3.8) is 0 Å². The SMILES string of the molecule is CCCCCCCCCCCCC/C=C/CC/C=C/CC/C=C/C(O)C(COC1OC(CO)C(OC2OC(CO)C(OC3OC(CO)C(O)C(O)C3O)C(O)C2O)C(O)C1O)NC(=O)CCCCCCCCCCCCCCCC. The predicted molar refractivity (Wildman–Crippen MR) is 305 cm³/mol. The minimum Gasteiger partial charge on any atom is -0.394 e. The van der Waals surface area contributed by atoms with Crippen LogP contribution in [0.3, 0.4) is 0 Å². The Kier molecular flexibility index (Phi) is 40.2. The maximum Gasteiger partial charge on any atom is 0.220 e. The molecule has 468 valence electrons. The number of rotatable bonds is 46. The summed E-state index contributed by atoms with van der Waals surface area (Å²) in [6.45, 7) is 1.70. The first kappa shape index (κ1) is 72.3. The maximum atomic E-state index is 13.3. The summed E-state index contributed by atoms with van der Waals surface area (Å²) >= 11 is 0. The Balaban J connectivity index is 1.51. The highest BCUT2D eigenvalue weighted by molar-refractivity contribution is 5.76. The third-order valence-corrected chi connectivity index (χ3v) is 15.7. The zero-order valence-corrected chi connectivity index (χ0v) is 48.8. The quantitative estimate of drug-likeness (QED) is 0.0242. The van der Waals surface area contributed by atoms with Gasteiger partial charge in [0.15, 0.2) is 18.9 Å². The number of carbonyl (C=O) groups is 1. The van der Waals surface area contributed by atoms with E-state index < -0.39 is 124 Å². The summed E-state index contributed by atoms with van der Waals surface area (Å²) in [6, 6.07) is -0.992. The molecule has 0 aromatic heterocycles. The zero-order valence-electron chi connectivity index (χ0n) is 48.8. The number of aliphatic hydroxyl groups excluding tert-OH is 11. The molecule has 0 spiro atoms. The van der Waals surface area contributed by atoms with Gasteiger partial charge in [0.05, 0.1) is 38.6 Å². The zero-order chi connectivity index (χ0) is 58.3. The molecule has 3 fully saturated rings. The summed E-state index contributed by atoms with van der Waals surface area (Å²) in [5, 5.41) is 120. The van der Waals surface area contributed by atoms with Gasteiger partial charge in [-0.25, -0.2) is 0 Å². The molecule has 0 aromatic rings. The van der Waals surface area contributed by atoms with Crippen LogP contribution in [0, 0.1) is 0 Å². The number of hydrogen-bond acceptors (Lipinski definition) is 18. The molecule has 17 unspecified atom stereocenters. The van der Waals surface area contributed by atoms with Crippen molar-refractivity contribution in [3.05, 3.63) is 36.5 Å². The van der Waals surface area contributed by atoms with E-state index in [9.17, 15) is 61.0 Å². The second kappa shape index (κ2) is 44.5. The van der Waals surface area contributed by atoms with Crippen LogP contribution in [0.4, 0.5) is 0 Å². The molecule has 3 aliphatic heterocycles. The van der Waals surface area contributed by atoms with Crippen molar-refractivity contribution in [1.29, 1.82) is 0 Å². The van der Waals surface area contributed by atoms with Gasteiger partial charge < -0.3 is 89.9 Å². The Labute approximate surface area is 479 Å². The molecule has 0 saturated carbocycles. The third kappa shape index (κ3) is 27.8. The molecule has 0 aliphatic carbocycles. The maximum absolute atomic E-state index is 13.3. The molecular formula is C61H111NO18. The minimum atomic E-state index is -1.98. The van der Waals surface area contributed by atoms with E-state index in [0.29, 0.717) is 12.8 Å². The topological polar surface area (TPSA) is 307 Å². The van der Waals surface area contributed by atoms with Crippen molar-refractivity contribution < 1.29 is 89.4 Å². The third-order valence-electron chi connectivity index (χ3n) is 15.7. The molecular weight excluding hydrogens is 1030 g/mol. The van der Waals surface area contributed by atoms with Crippen LogP contribution in [-0.4, -0.2) is 193 Å². The van der Waals surface area contributed by atoms with E-state index in [-0.39, 0.29) is 18.9 Å². The number of ether oxygens (including phenoxy) is 6. The molecule has 3 saturated heterocycles. The predicted octanol–water partition coefficient (Wildman–Crippen LogP) is 6.10. The van der Waals surface area contributed by atoms with E-state index in [2.05, 4.69) is 43.5 Å². The van der Waals surface area contributed by atoms with Crippen molar-refractivity contribution in [3.8, 4) is 0 Å². The minimum absolute atomic E-state index is 0.235. The fourth-order valence-corrected chi connectivity index (χ4v) is 10.5. The second-order valence-corrected chi connectivity index (χ2v) is 22.5. The first-order valence-corrected chi connectivity index (χ1v) is 31.2. The Morgan fingerprint density at radius 1 is 0.438 bits per heavy atom. The van der Waals surface area contributed by atoms with Crippen LogP contribution < -0.4 is 5.32 Å². The van der Waals surface area contributed by atoms with E-state index >= 15 is 0 Å². The largest absolute Gasteiger partial charge is 0.394 e. The first-order chi connectivity index (χ1) is 38.8. The standard InChI is InChI=1S/C61H111NO18/c1-3-5-7-9-11-13-15-17-19-20-21-22-23-24-25-26-28-30-32-34-36-38-45(66)44(62-49(67)39-37-35-33-31-29-27-18-16-14-12-10-8-6-4-2)43-75-59-55(73)52(70)57(47(41-64)77-59)80-61-56(74)53(71)58(48(42-65)78-61)79-60-54(72)51(69)50(68)46(40-63)76-60/h23-24,28,30,36,38,44-48,50-61,63-66,68-74H,3-22,25-27,29,31-35,37,39-43H2,1-2H3,(H,62,67)/b24-23+,30-28+,38-36+. The smallest absolute Gasteiger partial charge is 0.220 e. The van der Waals surface area contributed by atoms with Crippen molar-refractivity contribution in [1.82, 2.24) is 5.32 Å². The van der Waals surface area contributed by atoms with Gasteiger partial charge in [-0.15, -0.1) is 0 Å². The monoisotopic (exact) mass is 1150 g/mol. The average molecular weight is 1150 g/mol. The highest BCUT2D eigenvalue weighted by Gasteiger charge is 2.53. The summed E-state index contributed by atoms with van der Waals surface area (Å²) < 4.78 is 34.2. The molecule has 0 radical (unpaired) electrons. The first-order valence-electron chi connectivity index (χ1n) is 31.2. The Hall–Kier alpha value is -1.99. The van der Waals surface area contributed by atoms with Gasteiger partial charge in [0.25, 0.3) is 0 Å². The van der Waals surface area contributed by atoms with Crippen LogP contribution in [-0.2, 0) is 33.2 Å². The Bertz CT molecular complexity index is 1600. The lowest BCUT2D eigenvalue weighted by Crippen LogP contribution is -2.66. The molecule has 12 N–H and O–H groups in total. The van der Waals surface area contributed by atoms with Gasteiger partial charge in [0.1, 0.15) is 73.2 Å². The summed E-state index contributed by atoms with van der Waals surface area (Å²) in [5.74, 6) is -0.289. The normalized spacial score (nSPS) is 30.2. The van der Waals surface area contributed by atoms with E-state index in [1.54, 1.807) is 6.08 Å². The molecule has 3 aliphatic rings. The molecule has 0 bridgehead atoms. The average Bonchev–Trinajstić information content (AvgIpc) is 3.47. The number of aliphatic hydroxyl groups is 11. The lowest BCUT2D eigenvalue weighted by atomic mass is 9.96. The van der Waals surface area contributed by atoms with Crippen molar-refractivity contribution in [2.24, 2.45) is 0 Å². The molecule has 3 heterocycles. The molecule has 80 heavy (non-hydrogen) atoms. The van der Waals surface area contributed by atoms with Gasteiger partial charge in [-0.1, -0.05) is 198 Å². The van der Waals surface area contributed by atoms with Gasteiger partial charge in [-0.05, 0) is 44.9 Å². The van der Waals surface area contributed by atoms with Crippen molar-refractivity contribution >= 4 is 5.91 Å². The summed E-state index contributed by atoms with van der Waals surface area (Å²) in [7, 11) is 0. The van der Waals surface area contributed by atoms with E-state index in [1.807, 2.05) is 6.08 Å². The molecule has 17 atom stereocenters. The fraction of sp³-hybridized carbons (Fsp3) is 0.885. The number of unbranched alkanes of at least 4 members (excludes halogenated alkanes) is 26. The number of amides is 1. The van der Waals surface area contributed by atoms with Crippen LogP contribution in [0.1, 0.15) is 213 Å². The number of allylic oxidation sites excluding steroid dienone is 5. The molecule has 19 heteroatoms. The van der Waals surface area contributed by atoms with Gasteiger partial charge >= 0.3 is 0 Å². The van der Waals surface area contributed by atoms with E-state index in [0.717, 1.165) is 44.9 Å².